The van der Waals surface area contributed by atoms with Gasteiger partial charge in [0.05, 0.1) is 5.02 Å². The lowest BCUT2D eigenvalue weighted by Crippen LogP contribution is -2.11. The Morgan fingerprint density at radius 1 is 1.38 bits per heavy atom. The van der Waals surface area contributed by atoms with E-state index in [0.717, 1.165) is 16.7 Å². The summed E-state index contributed by atoms with van der Waals surface area (Å²) in [4.78, 5) is 12.7. The molecule has 0 saturated carbocycles. The van der Waals surface area contributed by atoms with Gasteiger partial charge >= 0.3 is 0 Å². The number of aliphatic hydroxyl groups is 1. The minimum atomic E-state index is -0.232. The maximum atomic E-state index is 12.2. The Morgan fingerprint density at radius 3 is 2.76 bits per heavy atom. The Labute approximate surface area is 132 Å². The molecule has 21 heavy (non-hydrogen) atoms. The molecule has 5 heteroatoms. The van der Waals surface area contributed by atoms with Crippen molar-refractivity contribution in [2.24, 2.45) is 0 Å². The smallest absolute Gasteiger partial charge is 0.267 e. The fraction of sp³-hybridized carbons (Fsp3) is 0.188. The first-order valence-electron chi connectivity index (χ1n) is 6.27. The van der Waals surface area contributed by atoms with Crippen molar-refractivity contribution in [2.45, 2.75) is 13.8 Å². The Balaban J connectivity index is 2.25. The van der Waals surface area contributed by atoms with Crippen LogP contribution in [0.1, 0.15) is 26.4 Å². The number of rotatable bonds is 2. The monoisotopic (exact) mass is 319 g/mol. The number of halogens is 1. The quantitative estimate of drug-likeness (QED) is 0.831. The van der Waals surface area contributed by atoms with E-state index >= 15 is 0 Å². The summed E-state index contributed by atoms with van der Waals surface area (Å²) in [5.74, 6) is 5.19. The molecule has 1 aromatic carbocycles. The van der Waals surface area contributed by atoms with Gasteiger partial charge in [-0.3, -0.25) is 4.79 Å². The summed E-state index contributed by atoms with van der Waals surface area (Å²) in [6.45, 7) is 3.59. The number of carbonyl (C=O) groups is 1. The summed E-state index contributed by atoms with van der Waals surface area (Å²) in [6.07, 6.45) is 0. The average Bonchev–Trinajstić information content (AvgIpc) is 2.76. The lowest BCUT2D eigenvalue weighted by atomic mass is 10.1. The van der Waals surface area contributed by atoms with Crippen molar-refractivity contribution >= 4 is 34.5 Å². The van der Waals surface area contributed by atoms with Crippen LogP contribution in [-0.4, -0.2) is 17.6 Å². The average molecular weight is 320 g/mol. The number of anilines is 1. The third-order valence-corrected chi connectivity index (χ3v) is 4.45. The van der Waals surface area contributed by atoms with Crippen molar-refractivity contribution < 1.29 is 9.90 Å². The number of amides is 1. The summed E-state index contributed by atoms with van der Waals surface area (Å²) >= 11 is 7.42. The van der Waals surface area contributed by atoms with E-state index in [1.165, 1.54) is 11.3 Å². The maximum Gasteiger partial charge on any atom is 0.267 e. The van der Waals surface area contributed by atoms with Gasteiger partial charge in [-0.2, -0.15) is 0 Å². The minimum Gasteiger partial charge on any atom is -0.384 e. The first-order chi connectivity index (χ1) is 10.0. The highest BCUT2D eigenvalue weighted by molar-refractivity contribution is 7.13. The second-order valence-electron chi connectivity index (χ2n) is 4.56. The Morgan fingerprint density at radius 2 is 2.14 bits per heavy atom. The molecule has 2 N–H and O–H groups in total. The summed E-state index contributed by atoms with van der Waals surface area (Å²) in [7, 11) is 0. The molecule has 2 aromatic rings. The highest BCUT2D eigenvalue weighted by Crippen LogP contribution is 2.28. The van der Waals surface area contributed by atoms with Gasteiger partial charge < -0.3 is 10.4 Å². The zero-order chi connectivity index (χ0) is 15.4. The molecule has 0 unspecified atom stereocenters. The van der Waals surface area contributed by atoms with Crippen molar-refractivity contribution in [1.82, 2.24) is 0 Å². The van der Waals surface area contributed by atoms with Crippen LogP contribution >= 0.6 is 22.9 Å². The standard InChI is InChI=1S/C16H14ClNO2S/c1-10-6-12(4-3-5-19)8-13(7-10)18-16(20)15-14(17)11(2)9-21-15/h6-9,19H,5H2,1-2H3,(H,18,20). The summed E-state index contributed by atoms with van der Waals surface area (Å²) in [6, 6.07) is 5.51. The van der Waals surface area contributed by atoms with Crippen molar-refractivity contribution in [3.63, 3.8) is 0 Å². The third-order valence-electron chi connectivity index (χ3n) is 2.75. The molecule has 0 aliphatic carbocycles. The number of aliphatic hydroxyl groups excluding tert-OH is 1. The molecule has 0 spiro atoms. The van der Waals surface area contributed by atoms with Crippen LogP contribution < -0.4 is 5.32 Å². The Bertz CT molecular complexity index is 740. The number of benzene rings is 1. The number of thiophene rings is 1. The molecular formula is C16H14ClNO2S. The van der Waals surface area contributed by atoms with Gasteiger partial charge in [-0.25, -0.2) is 0 Å². The fourth-order valence-corrected chi connectivity index (χ4v) is 3.01. The first-order valence-corrected chi connectivity index (χ1v) is 7.53. The van der Waals surface area contributed by atoms with Gasteiger partial charge in [-0.1, -0.05) is 23.4 Å². The Hall–Kier alpha value is -1.80. The zero-order valence-corrected chi connectivity index (χ0v) is 13.2. The van der Waals surface area contributed by atoms with Crippen LogP contribution in [-0.2, 0) is 0 Å². The molecular weight excluding hydrogens is 306 g/mol. The van der Waals surface area contributed by atoms with Gasteiger partial charge in [0, 0.05) is 11.3 Å². The van der Waals surface area contributed by atoms with Crippen molar-refractivity contribution in [3.8, 4) is 11.8 Å². The van der Waals surface area contributed by atoms with Gasteiger partial charge in [0.1, 0.15) is 11.5 Å². The van der Waals surface area contributed by atoms with E-state index in [4.69, 9.17) is 16.7 Å². The molecule has 108 valence electrons. The molecule has 0 aliphatic heterocycles. The van der Waals surface area contributed by atoms with Crippen molar-refractivity contribution in [3.05, 3.63) is 50.2 Å². The maximum absolute atomic E-state index is 12.2. The number of hydrogen-bond donors (Lipinski definition) is 2. The molecule has 0 radical (unpaired) electrons. The third kappa shape index (κ3) is 3.85. The van der Waals surface area contributed by atoms with E-state index in [2.05, 4.69) is 17.2 Å². The van der Waals surface area contributed by atoms with Crippen LogP contribution in [0.3, 0.4) is 0 Å². The largest absolute Gasteiger partial charge is 0.384 e. The van der Waals surface area contributed by atoms with E-state index in [1.54, 1.807) is 6.07 Å². The molecule has 1 amide bonds. The van der Waals surface area contributed by atoms with E-state index in [1.807, 2.05) is 31.4 Å². The van der Waals surface area contributed by atoms with Crippen LogP contribution in [0.5, 0.6) is 0 Å². The van der Waals surface area contributed by atoms with E-state index in [9.17, 15) is 4.79 Å². The Kier molecular flexibility index (Phi) is 5.03. The molecule has 2 rings (SSSR count). The van der Waals surface area contributed by atoms with Gasteiger partial charge in [0.2, 0.25) is 0 Å². The number of aryl methyl sites for hydroxylation is 2. The lowest BCUT2D eigenvalue weighted by Gasteiger charge is -2.06. The van der Waals surface area contributed by atoms with Crippen molar-refractivity contribution in [1.29, 1.82) is 0 Å². The molecule has 0 fully saturated rings. The highest BCUT2D eigenvalue weighted by atomic mass is 35.5. The number of nitrogens with one attached hydrogen (secondary N) is 1. The lowest BCUT2D eigenvalue weighted by molar-refractivity contribution is 0.103. The molecule has 0 aliphatic rings. The molecule has 0 saturated heterocycles. The van der Waals surface area contributed by atoms with E-state index < -0.39 is 0 Å². The van der Waals surface area contributed by atoms with E-state index in [-0.39, 0.29) is 12.5 Å². The predicted octanol–water partition coefficient (Wildman–Crippen LogP) is 3.61. The van der Waals surface area contributed by atoms with Gasteiger partial charge in [0.25, 0.3) is 5.91 Å². The van der Waals surface area contributed by atoms with Crippen LogP contribution in [0.15, 0.2) is 23.6 Å². The minimum absolute atomic E-state index is 0.195. The zero-order valence-electron chi connectivity index (χ0n) is 11.7. The normalized spacial score (nSPS) is 9.90. The predicted molar refractivity (Wildman–Crippen MR) is 87.2 cm³/mol. The highest BCUT2D eigenvalue weighted by Gasteiger charge is 2.14. The second kappa shape index (κ2) is 6.77. The number of hydrogen-bond acceptors (Lipinski definition) is 3. The summed E-state index contributed by atoms with van der Waals surface area (Å²) < 4.78 is 0. The molecule has 0 atom stereocenters. The summed E-state index contributed by atoms with van der Waals surface area (Å²) in [5, 5.41) is 13.9. The van der Waals surface area contributed by atoms with E-state index in [0.29, 0.717) is 15.6 Å². The van der Waals surface area contributed by atoms with Crippen LogP contribution in [0, 0.1) is 25.7 Å². The summed E-state index contributed by atoms with van der Waals surface area (Å²) in [5.41, 5.74) is 3.27. The molecule has 1 aromatic heterocycles. The van der Waals surface area contributed by atoms with Crippen LogP contribution in [0.4, 0.5) is 5.69 Å². The van der Waals surface area contributed by atoms with Gasteiger partial charge in [-0.15, -0.1) is 11.3 Å². The second-order valence-corrected chi connectivity index (χ2v) is 5.82. The fourth-order valence-electron chi connectivity index (χ4n) is 1.84. The van der Waals surface area contributed by atoms with Gasteiger partial charge in [-0.05, 0) is 48.6 Å². The molecule has 0 bridgehead atoms. The molecule has 3 nitrogen and oxygen atoms in total. The SMILES string of the molecule is Cc1cc(C#CCO)cc(NC(=O)c2scc(C)c2Cl)c1. The van der Waals surface area contributed by atoms with Crippen LogP contribution in [0.25, 0.3) is 0 Å². The van der Waals surface area contributed by atoms with Crippen LogP contribution in [0.2, 0.25) is 5.02 Å². The topological polar surface area (TPSA) is 49.3 Å². The van der Waals surface area contributed by atoms with Gasteiger partial charge in [0.15, 0.2) is 0 Å². The molecule has 1 heterocycles. The first kappa shape index (κ1) is 15.6. The number of carbonyl (C=O) groups excluding carboxylic acids is 1. The van der Waals surface area contributed by atoms with Crippen molar-refractivity contribution in [2.75, 3.05) is 11.9 Å².